The van der Waals surface area contributed by atoms with E-state index in [1.165, 1.54) is 24.0 Å². The molecule has 1 aromatic heterocycles. The van der Waals surface area contributed by atoms with Crippen molar-refractivity contribution in [3.05, 3.63) is 59.8 Å². The van der Waals surface area contributed by atoms with E-state index in [4.69, 9.17) is 4.74 Å². The highest BCUT2D eigenvalue weighted by Crippen LogP contribution is 2.35. The lowest BCUT2D eigenvalue weighted by atomic mass is 9.83. The number of aromatic nitrogens is 1. The molecule has 4 nitrogen and oxygen atoms in total. The molecule has 0 spiro atoms. The van der Waals surface area contributed by atoms with Crippen molar-refractivity contribution in [2.45, 2.75) is 63.1 Å². The topological polar surface area (TPSA) is 37.4 Å². The van der Waals surface area contributed by atoms with E-state index in [1.807, 2.05) is 12.3 Å². The van der Waals surface area contributed by atoms with Crippen LogP contribution in [0.4, 0.5) is 5.82 Å². The third-order valence-electron chi connectivity index (χ3n) is 6.52. The van der Waals surface area contributed by atoms with Gasteiger partial charge in [-0.05, 0) is 68.4 Å². The number of hydrogen-bond acceptors (Lipinski definition) is 5. The van der Waals surface area contributed by atoms with Gasteiger partial charge in [0.15, 0.2) is 0 Å². The molecule has 29 heavy (non-hydrogen) atoms. The fraction of sp³-hybridized carbons (Fsp3) is 0.542. The predicted molar refractivity (Wildman–Crippen MR) is 123 cm³/mol. The zero-order valence-electron chi connectivity index (χ0n) is 17.6. The first-order valence-electron chi connectivity index (χ1n) is 10.9. The quantitative estimate of drug-likeness (QED) is 0.653. The standard InChI is InChI=1S/C24H33N3OS/c1-18-7-6-15-25-24(18)27-16-14-22(26-29-2)23(27)17-28-21-12-10-20(11-13-21)19-8-4-3-5-9-19/h3-9,15,20-23,26H,10-14,16-17H2,1-2H3. The van der Waals surface area contributed by atoms with E-state index >= 15 is 0 Å². The number of rotatable bonds is 7. The van der Waals surface area contributed by atoms with Crippen LogP contribution in [0.1, 0.15) is 49.1 Å². The Labute approximate surface area is 179 Å². The van der Waals surface area contributed by atoms with Crippen LogP contribution in [-0.2, 0) is 4.74 Å². The monoisotopic (exact) mass is 411 g/mol. The van der Waals surface area contributed by atoms with Gasteiger partial charge in [-0.1, -0.05) is 48.3 Å². The summed E-state index contributed by atoms with van der Waals surface area (Å²) in [6.45, 7) is 3.96. The summed E-state index contributed by atoms with van der Waals surface area (Å²) >= 11 is 1.71. The minimum atomic E-state index is 0.336. The van der Waals surface area contributed by atoms with E-state index in [0.29, 0.717) is 24.1 Å². The lowest BCUT2D eigenvalue weighted by molar-refractivity contribution is 0.0157. The van der Waals surface area contributed by atoms with Crippen LogP contribution in [0.25, 0.3) is 0 Å². The first kappa shape index (κ1) is 20.7. The number of nitrogens with one attached hydrogen (secondary N) is 1. The van der Waals surface area contributed by atoms with Gasteiger partial charge in [0.2, 0.25) is 0 Å². The highest BCUT2D eigenvalue weighted by atomic mass is 32.2. The van der Waals surface area contributed by atoms with Crippen LogP contribution in [0, 0.1) is 6.92 Å². The summed E-state index contributed by atoms with van der Waals surface area (Å²) in [7, 11) is 0. The van der Waals surface area contributed by atoms with Gasteiger partial charge in [0.05, 0.1) is 18.8 Å². The molecule has 1 N–H and O–H groups in total. The second kappa shape index (κ2) is 9.96. The summed E-state index contributed by atoms with van der Waals surface area (Å²) in [5.41, 5.74) is 2.73. The van der Waals surface area contributed by atoms with Crippen LogP contribution >= 0.6 is 11.9 Å². The molecule has 1 saturated carbocycles. The van der Waals surface area contributed by atoms with E-state index < -0.39 is 0 Å². The molecular formula is C24H33N3OS. The number of benzene rings is 1. The molecule has 0 bridgehead atoms. The van der Waals surface area contributed by atoms with Gasteiger partial charge >= 0.3 is 0 Å². The molecule has 2 aromatic rings. The molecule has 2 unspecified atom stereocenters. The summed E-state index contributed by atoms with van der Waals surface area (Å²) in [4.78, 5) is 7.14. The Morgan fingerprint density at radius 2 is 1.86 bits per heavy atom. The van der Waals surface area contributed by atoms with Gasteiger partial charge in [-0.3, -0.25) is 4.72 Å². The van der Waals surface area contributed by atoms with Crippen molar-refractivity contribution in [1.82, 2.24) is 9.71 Å². The van der Waals surface area contributed by atoms with Crippen LogP contribution in [-0.4, -0.2) is 42.6 Å². The normalized spacial score (nSPS) is 27.3. The van der Waals surface area contributed by atoms with Crippen molar-refractivity contribution in [2.24, 2.45) is 0 Å². The van der Waals surface area contributed by atoms with E-state index in [2.05, 4.69) is 64.2 Å². The predicted octanol–water partition coefficient (Wildman–Crippen LogP) is 4.95. The minimum absolute atomic E-state index is 0.336. The van der Waals surface area contributed by atoms with E-state index in [1.54, 1.807) is 11.9 Å². The molecule has 2 atom stereocenters. The van der Waals surface area contributed by atoms with Crippen molar-refractivity contribution < 1.29 is 4.74 Å². The maximum Gasteiger partial charge on any atom is 0.131 e. The maximum atomic E-state index is 6.50. The lowest BCUT2D eigenvalue weighted by Crippen LogP contribution is -2.45. The van der Waals surface area contributed by atoms with Gasteiger partial charge in [-0.15, -0.1) is 0 Å². The fourth-order valence-electron chi connectivity index (χ4n) is 4.91. The van der Waals surface area contributed by atoms with Gasteiger partial charge in [0.1, 0.15) is 5.82 Å². The third kappa shape index (κ3) is 4.96. The molecule has 2 aliphatic rings. The van der Waals surface area contributed by atoms with Gasteiger partial charge < -0.3 is 9.64 Å². The number of aryl methyl sites for hydroxylation is 1. The van der Waals surface area contributed by atoms with Crippen molar-refractivity contribution in [3.8, 4) is 0 Å². The molecular weight excluding hydrogens is 378 g/mol. The summed E-state index contributed by atoms with van der Waals surface area (Å²) in [5.74, 6) is 1.81. The second-order valence-electron chi connectivity index (χ2n) is 8.34. The molecule has 156 valence electrons. The number of nitrogens with zero attached hydrogens (tertiary/aromatic N) is 2. The number of anilines is 1. The zero-order valence-corrected chi connectivity index (χ0v) is 18.4. The molecule has 0 amide bonds. The van der Waals surface area contributed by atoms with Crippen LogP contribution in [0.3, 0.4) is 0 Å². The Hall–Kier alpha value is -1.56. The molecule has 2 fully saturated rings. The molecule has 4 rings (SSSR count). The van der Waals surface area contributed by atoms with E-state index in [-0.39, 0.29) is 0 Å². The van der Waals surface area contributed by atoms with Crippen LogP contribution < -0.4 is 9.62 Å². The average molecular weight is 412 g/mol. The first-order chi connectivity index (χ1) is 14.3. The summed E-state index contributed by atoms with van der Waals surface area (Å²) in [5, 5.41) is 0. The average Bonchev–Trinajstić information content (AvgIpc) is 3.16. The van der Waals surface area contributed by atoms with Crippen LogP contribution in [0.5, 0.6) is 0 Å². The first-order valence-corrected chi connectivity index (χ1v) is 12.1. The lowest BCUT2D eigenvalue weighted by Gasteiger charge is -2.33. The van der Waals surface area contributed by atoms with Crippen molar-refractivity contribution in [3.63, 3.8) is 0 Å². The third-order valence-corrected chi connectivity index (χ3v) is 7.06. The molecule has 1 aliphatic carbocycles. The van der Waals surface area contributed by atoms with Gasteiger partial charge in [-0.25, -0.2) is 4.98 Å². The highest BCUT2D eigenvalue weighted by Gasteiger charge is 2.36. The summed E-state index contributed by atoms with van der Waals surface area (Å²) in [6, 6.07) is 15.9. The SMILES string of the molecule is CSNC1CCN(c2ncccc2C)C1COC1CCC(c2ccccc2)CC1. The molecule has 5 heteroatoms. The van der Waals surface area contributed by atoms with Crippen LogP contribution in [0.2, 0.25) is 0 Å². The van der Waals surface area contributed by atoms with Crippen molar-refractivity contribution >= 4 is 17.8 Å². The molecule has 1 aliphatic heterocycles. The van der Waals surface area contributed by atoms with Gasteiger partial charge in [-0.2, -0.15) is 0 Å². The largest absolute Gasteiger partial charge is 0.376 e. The Morgan fingerprint density at radius 3 is 2.59 bits per heavy atom. The number of hydrogen-bond donors (Lipinski definition) is 1. The van der Waals surface area contributed by atoms with Crippen molar-refractivity contribution in [1.29, 1.82) is 0 Å². The van der Waals surface area contributed by atoms with Gasteiger partial charge in [0.25, 0.3) is 0 Å². The Bertz CT molecular complexity index is 764. The summed E-state index contributed by atoms with van der Waals surface area (Å²) < 4.78 is 10.1. The molecule has 1 aromatic carbocycles. The summed E-state index contributed by atoms with van der Waals surface area (Å²) in [6.07, 6.45) is 10.3. The zero-order chi connectivity index (χ0) is 20.1. The van der Waals surface area contributed by atoms with E-state index in [9.17, 15) is 0 Å². The van der Waals surface area contributed by atoms with Crippen molar-refractivity contribution in [2.75, 3.05) is 24.3 Å². The minimum Gasteiger partial charge on any atom is -0.376 e. The number of pyridine rings is 1. The van der Waals surface area contributed by atoms with E-state index in [0.717, 1.165) is 38.2 Å². The van der Waals surface area contributed by atoms with Crippen LogP contribution in [0.15, 0.2) is 48.7 Å². The molecule has 1 saturated heterocycles. The highest BCUT2D eigenvalue weighted by molar-refractivity contribution is 7.96. The fourth-order valence-corrected chi connectivity index (χ4v) is 5.49. The number of ether oxygens (including phenoxy) is 1. The molecule has 0 radical (unpaired) electrons. The Morgan fingerprint density at radius 1 is 1.07 bits per heavy atom. The maximum absolute atomic E-state index is 6.50. The Balaban J connectivity index is 1.36. The smallest absolute Gasteiger partial charge is 0.131 e. The molecule has 2 heterocycles. The Kier molecular flexibility index (Phi) is 7.11. The van der Waals surface area contributed by atoms with Gasteiger partial charge in [0, 0.05) is 18.8 Å². The second-order valence-corrected chi connectivity index (χ2v) is 8.98.